The number of halogens is 7. The van der Waals surface area contributed by atoms with Crippen LogP contribution in [0.2, 0.25) is 30.1 Å². The van der Waals surface area contributed by atoms with Gasteiger partial charge in [0.15, 0.2) is 0 Å². The van der Waals surface area contributed by atoms with Gasteiger partial charge in [-0.2, -0.15) is 0 Å². The molecule has 0 fully saturated rings. The maximum absolute atomic E-state index is 13.2. The lowest BCUT2D eigenvalue weighted by molar-refractivity contribution is 0.295. The summed E-state index contributed by atoms with van der Waals surface area (Å²) < 4.78 is 81.7. The molecule has 0 radical (unpaired) electrons. The molecule has 0 spiro atoms. The van der Waals surface area contributed by atoms with Crippen LogP contribution in [0.5, 0.6) is 0 Å². The van der Waals surface area contributed by atoms with Gasteiger partial charge in [0.05, 0.1) is 14.7 Å². The molecule has 0 bridgehead atoms. The van der Waals surface area contributed by atoms with Crippen LogP contribution in [0, 0.1) is 0 Å². The Hall–Kier alpha value is -3.08. The summed E-state index contributed by atoms with van der Waals surface area (Å²) in [5.41, 5.74) is 19.7. The molecule has 94 heavy (non-hydrogen) atoms. The molecule has 0 aliphatic carbocycles. The maximum atomic E-state index is 13.2. The van der Waals surface area contributed by atoms with Crippen molar-refractivity contribution >= 4 is 109 Å². The minimum atomic E-state index is -3.76. The van der Waals surface area contributed by atoms with Crippen LogP contribution in [-0.2, 0) is 48.7 Å². The van der Waals surface area contributed by atoms with Gasteiger partial charge < -0.3 is 26.2 Å². The highest BCUT2D eigenvalue weighted by molar-refractivity contribution is 8.13. The normalized spacial score (nSPS) is 16.9. The van der Waals surface area contributed by atoms with Gasteiger partial charge in [0.2, 0.25) is 20.0 Å². The fraction of sp³-hybridized carbons (Fsp3) is 0.493. The van der Waals surface area contributed by atoms with E-state index in [4.69, 9.17) is 91.8 Å². The minimum Gasteiger partial charge on any atom is -0.330 e. The third-order valence-electron chi connectivity index (χ3n) is 17.8. The van der Waals surface area contributed by atoms with Gasteiger partial charge in [-0.1, -0.05) is 202 Å². The number of hydrogen-bond donors (Lipinski definition) is 4. The molecule has 23 heteroatoms. The molecule has 3 atom stereocenters. The van der Waals surface area contributed by atoms with Crippen LogP contribution in [0.3, 0.4) is 0 Å². The fourth-order valence-corrected chi connectivity index (χ4v) is 17.6. The van der Waals surface area contributed by atoms with Crippen molar-refractivity contribution in [1.82, 2.24) is 24.1 Å². The molecule has 6 aromatic rings. The second kappa shape index (κ2) is 38.5. The molecule has 6 aromatic carbocycles. The molecule has 3 heterocycles. The summed E-state index contributed by atoms with van der Waals surface area (Å²) in [7, 11) is 0.484. The average Bonchev–Trinajstić information content (AvgIpc) is 0.791. The van der Waals surface area contributed by atoms with E-state index in [-0.39, 0.29) is 32.4 Å². The van der Waals surface area contributed by atoms with Crippen LogP contribution >= 0.6 is 80.3 Å². The Morgan fingerprint density at radius 3 is 0.936 bits per heavy atom. The van der Waals surface area contributed by atoms with E-state index in [2.05, 4.69) is 24.1 Å². The number of fused-ring (bicyclic) bond motifs is 3. The lowest BCUT2D eigenvalue weighted by atomic mass is 9.85. The van der Waals surface area contributed by atoms with Crippen molar-refractivity contribution in [3.8, 4) is 0 Å². The lowest BCUT2D eigenvalue weighted by Gasteiger charge is -2.33. The van der Waals surface area contributed by atoms with Crippen molar-refractivity contribution in [2.24, 2.45) is 11.5 Å². The molecular weight excluding hydrogens is 1390 g/mol. The van der Waals surface area contributed by atoms with E-state index in [0.717, 1.165) is 167 Å². The number of nitrogens with zero attached hydrogens (tertiary/aromatic N) is 3. The SMILES string of the molecule is CN1Cc2c(Cl)cc(Cl)cc2C(c2cccc(S(=O)(=O)Cl)c2)C1.CN1Cc2c(Cl)cc(Cl)cc2C(c2cccc(S(=O)(=O)NCCCCCCCCCCCCNS(=O)(=O)c3cccc(C4CN(C)Cc5c(Cl)cc(Cl)cc54)c3)c2)C1.NCCCCCCCCCCCN. The van der Waals surface area contributed by atoms with Crippen LogP contribution in [0.4, 0.5) is 0 Å². The second-order valence-corrected chi connectivity index (χ2v) is 34.0. The molecule has 3 unspecified atom stereocenters. The van der Waals surface area contributed by atoms with Crippen LogP contribution in [0.1, 0.15) is 190 Å². The smallest absolute Gasteiger partial charge is 0.261 e. The molecule has 3 aliphatic heterocycles. The van der Waals surface area contributed by atoms with E-state index >= 15 is 0 Å². The van der Waals surface area contributed by atoms with Gasteiger partial charge in [-0.25, -0.2) is 34.7 Å². The van der Waals surface area contributed by atoms with Gasteiger partial charge in [0.1, 0.15) is 0 Å². The number of hydrogen-bond acceptors (Lipinski definition) is 11. The highest BCUT2D eigenvalue weighted by Crippen LogP contribution is 2.42. The maximum Gasteiger partial charge on any atom is 0.261 e. The van der Waals surface area contributed by atoms with Gasteiger partial charge >= 0.3 is 0 Å². The Kier molecular flexibility index (Phi) is 32.0. The van der Waals surface area contributed by atoms with Crippen molar-refractivity contribution in [3.63, 3.8) is 0 Å². The van der Waals surface area contributed by atoms with Gasteiger partial charge in [0, 0.05) is 111 Å². The summed E-state index contributed by atoms with van der Waals surface area (Å²) in [5, 5.41) is 3.62. The Morgan fingerprint density at radius 2 is 0.649 bits per heavy atom. The van der Waals surface area contributed by atoms with Gasteiger partial charge in [0.25, 0.3) is 9.05 Å². The average molecular weight is 1490 g/mol. The largest absolute Gasteiger partial charge is 0.330 e. The zero-order valence-corrected chi connectivity index (χ0v) is 62.2. The number of benzene rings is 6. The van der Waals surface area contributed by atoms with E-state index < -0.39 is 29.1 Å². The molecule has 6 N–H and O–H groups in total. The molecule has 0 amide bonds. The van der Waals surface area contributed by atoms with Gasteiger partial charge in [-0.15, -0.1) is 0 Å². The Labute approximate surface area is 595 Å². The van der Waals surface area contributed by atoms with E-state index in [1.165, 1.54) is 63.9 Å². The highest BCUT2D eigenvalue weighted by Gasteiger charge is 2.31. The highest BCUT2D eigenvalue weighted by atomic mass is 35.7. The second-order valence-electron chi connectivity index (χ2n) is 25.4. The van der Waals surface area contributed by atoms with E-state index in [1.807, 2.05) is 57.5 Å². The number of nitrogens with two attached hydrogens (primary N) is 2. The summed E-state index contributed by atoms with van der Waals surface area (Å²) in [6.07, 6.45) is 22.1. The molecule has 0 saturated heterocycles. The first-order valence-electron chi connectivity index (χ1n) is 33.0. The fourth-order valence-electron chi connectivity index (χ4n) is 12.8. The van der Waals surface area contributed by atoms with Crippen LogP contribution in [-0.4, -0.2) is 107 Å². The number of sulfonamides is 2. The minimum absolute atomic E-state index is 0.0154. The topological polar surface area (TPSA) is 188 Å². The lowest BCUT2D eigenvalue weighted by Crippen LogP contribution is -2.31. The zero-order valence-electron chi connectivity index (χ0n) is 54.4. The summed E-state index contributed by atoms with van der Waals surface area (Å²) in [6, 6.07) is 32.1. The third kappa shape index (κ3) is 23.8. The first kappa shape index (κ1) is 78.3. The number of likely N-dealkylation sites (N-methyl/N-ethyl adjacent to an activating group) is 3. The molecular formula is C71H94Cl7N7O6S3. The monoisotopic (exact) mass is 1480 g/mol. The van der Waals surface area contributed by atoms with Crippen molar-refractivity contribution in [2.45, 2.75) is 174 Å². The predicted octanol–water partition coefficient (Wildman–Crippen LogP) is 17.5. The van der Waals surface area contributed by atoms with Crippen molar-refractivity contribution in [3.05, 3.63) is 189 Å². The van der Waals surface area contributed by atoms with Crippen molar-refractivity contribution < 1.29 is 25.3 Å². The van der Waals surface area contributed by atoms with Crippen LogP contribution in [0.25, 0.3) is 0 Å². The molecule has 516 valence electrons. The predicted molar refractivity (Wildman–Crippen MR) is 392 cm³/mol. The van der Waals surface area contributed by atoms with Crippen molar-refractivity contribution in [1.29, 1.82) is 0 Å². The quantitative estimate of drug-likeness (QED) is 0.0239. The van der Waals surface area contributed by atoms with E-state index in [0.29, 0.717) is 43.2 Å². The summed E-state index contributed by atoms with van der Waals surface area (Å²) in [4.78, 5) is 7.16. The van der Waals surface area contributed by atoms with Gasteiger partial charge in [-0.3, -0.25) is 0 Å². The van der Waals surface area contributed by atoms with Crippen LogP contribution < -0.4 is 20.9 Å². The van der Waals surface area contributed by atoms with Gasteiger partial charge in [-0.05, 0) is 183 Å². The molecule has 3 aliphatic rings. The first-order chi connectivity index (χ1) is 44.9. The van der Waals surface area contributed by atoms with Crippen LogP contribution in [0.15, 0.2) is 124 Å². The molecule has 9 rings (SSSR count). The number of unbranched alkanes of at least 4 members (excludes halogenated alkanes) is 17. The number of nitrogens with one attached hydrogen (secondary N) is 2. The Bertz CT molecular complexity index is 3610. The van der Waals surface area contributed by atoms with E-state index in [1.54, 1.807) is 66.7 Å². The summed E-state index contributed by atoms with van der Waals surface area (Å²) in [6.45, 7) is 6.92. The Morgan fingerprint density at radius 1 is 0.383 bits per heavy atom. The zero-order chi connectivity index (χ0) is 68.0. The standard InChI is InChI=1S/C44H54Cl4N4O4S2.C16H14Cl3NO2S.C11H26N2/c1-51-27-39(37-23-33(45)25-43(47)41(37)29-51)31-15-13-17-35(21-31)57(53,54)49-19-11-9-7-5-3-4-6-8-10-12-20-50-58(55,56)36-18-14-16-32(22-36)40-28-52(2)30-42-38(40)24-34(46)26-44(42)48;1-20-8-14(10-3-2-4-12(5-10)23(19,21)22)13-6-11(17)7-16(18)15(13)9-20;12-10-8-6-4-2-1-3-5-7-9-11-13/h13-18,21-26,39-40,49-50H,3-12,19-20,27-30H2,1-2H3;2-7,14H,8-9H2,1H3;1-13H2. The molecule has 0 saturated carbocycles. The number of rotatable bonds is 31. The Balaban J connectivity index is 0.000000281. The van der Waals surface area contributed by atoms with E-state index in [9.17, 15) is 25.3 Å². The molecule has 13 nitrogen and oxygen atoms in total. The third-order valence-corrected chi connectivity index (χ3v) is 23.7. The van der Waals surface area contributed by atoms with Crippen molar-refractivity contribution in [2.75, 3.05) is 67.0 Å². The summed E-state index contributed by atoms with van der Waals surface area (Å²) in [5.74, 6) is -0.0854. The summed E-state index contributed by atoms with van der Waals surface area (Å²) >= 11 is 38.3. The molecule has 0 aromatic heterocycles. The first-order valence-corrected chi connectivity index (χ1v) is 40.6.